The Morgan fingerprint density at radius 2 is 2.04 bits per heavy atom. The smallest absolute Gasteiger partial charge is 0.254 e. The van der Waals surface area contributed by atoms with E-state index >= 15 is 0 Å². The van der Waals surface area contributed by atoms with Crippen molar-refractivity contribution in [2.45, 2.75) is 26.4 Å². The zero-order valence-corrected chi connectivity index (χ0v) is 13.8. The lowest BCUT2D eigenvalue weighted by Gasteiger charge is -2.08. The molecule has 2 N–H and O–H groups in total. The minimum Gasteiger partial charge on any atom is -0.352 e. The van der Waals surface area contributed by atoms with E-state index in [-0.39, 0.29) is 24.4 Å². The van der Waals surface area contributed by atoms with Crippen LogP contribution in [0.15, 0.2) is 36.7 Å². The van der Waals surface area contributed by atoms with Gasteiger partial charge in [0.1, 0.15) is 0 Å². The number of carbonyl (C=O) groups excluding carboxylic acids is 2. The monoisotopic (exact) mass is 334 g/mol. The average Bonchev–Trinajstić information content (AvgIpc) is 2.95. The largest absolute Gasteiger partial charge is 0.352 e. The number of amides is 2. The van der Waals surface area contributed by atoms with Crippen molar-refractivity contribution in [1.82, 2.24) is 20.4 Å². The van der Waals surface area contributed by atoms with Crippen LogP contribution in [0, 0.1) is 0 Å². The number of aromatic nitrogens is 2. The van der Waals surface area contributed by atoms with Crippen molar-refractivity contribution >= 4 is 23.4 Å². The Morgan fingerprint density at radius 1 is 1.30 bits per heavy atom. The number of hydrogen-bond acceptors (Lipinski definition) is 3. The van der Waals surface area contributed by atoms with Gasteiger partial charge in [-0.25, -0.2) is 0 Å². The van der Waals surface area contributed by atoms with E-state index in [9.17, 15) is 9.59 Å². The molecule has 2 aromatic rings. The quantitative estimate of drug-likeness (QED) is 0.846. The molecular weight excluding hydrogens is 316 g/mol. The van der Waals surface area contributed by atoms with E-state index in [0.717, 1.165) is 5.56 Å². The molecular formula is C16H19ClN4O2. The van der Waals surface area contributed by atoms with Gasteiger partial charge in [0.2, 0.25) is 5.91 Å². The highest BCUT2D eigenvalue weighted by atomic mass is 35.5. The summed E-state index contributed by atoms with van der Waals surface area (Å²) in [6.07, 6.45) is 3.09. The predicted octanol–water partition coefficient (Wildman–Crippen LogP) is 1.84. The standard InChI is InChI=1S/C16H19ClN4O2/c1-11(2)20-15(22)8-18-16(23)13-7-19-21(10-13)9-12-5-3-4-6-14(12)17/h3-7,10-11H,8-9H2,1-2H3,(H,18,23)(H,20,22). The molecule has 0 saturated carbocycles. The van der Waals surface area contributed by atoms with E-state index in [1.807, 2.05) is 32.0 Å². The first-order chi connectivity index (χ1) is 11.0. The average molecular weight is 335 g/mol. The molecule has 0 aliphatic heterocycles. The third-order valence-electron chi connectivity index (χ3n) is 3.04. The van der Waals surface area contributed by atoms with Crippen molar-refractivity contribution in [3.63, 3.8) is 0 Å². The molecule has 2 rings (SSSR count). The molecule has 1 aromatic heterocycles. The van der Waals surface area contributed by atoms with Crippen molar-refractivity contribution in [1.29, 1.82) is 0 Å². The zero-order chi connectivity index (χ0) is 16.8. The van der Waals surface area contributed by atoms with Crippen LogP contribution >= 0.6 is 11.6 Å². The first kappa shape index (κ1) is 17.0. The number of nitrogens with one attached hydrogen (secondary N) is 2. The molecule has 7 heteroatoms. The van der Waals surface area contributed by atoms with Crippen LogP contribution < -0.4 is 10.6 Å². The van der Waals surface area contributed by atoms with Crippen LogP contribution in [-0.2, 0) is 11.3 Å². The fourth-order valence-corrected chi connectivity index (χ4v) is 2.20. The molecule has 0 fully saturated rings. The van der Waals surface area contributed by atoms with Gasteiger partial charge >= 0.3 is 0 Å². The van der Waals surface area contributed by atoms with Crippen molar-refractivity contribution in [2.75, 3.05) is 6.54 Å². The molecule has 0 bridgehead atoms. The summed E-state index contributed by atoms with van der Waals surface area (Å²) in [6, 6.07) is 7.50. The lowest BCUT2D eigenvalue weighted by Crippen LogP contribution is -2.39. The highest BCUT2D eigenvalue weighted by Crippen LogP contribution is 2.16. The highest BCUT2D eigenvalue weighted by molar-refractivity contribution is 6.31. The Kier molecular flexibility index (Phi) is 5.76. The molecule has 0 aliphatic carbocycles. The van der Waals surface area contributed by atoms with E-state index < -0.39 is 0 Å². The SMILES string of the molecule is CC(C)NC(=O)CNC(=O)c1cnn(Cc2ccccc2Cl)c1. The van der Waals surface area contributed by atoms with Crippen molar-refractivity contribution in [2.24, 2.45) is 0 Å². The Labute approximate surface area is 139 Å². The zero-order valence-electron chi connectivity index (χ0n) is 13.0. The number of nitrogens with zero attached hydrogens (tertiary/aromatic N) is 2. The van der Waals surface area contributed by atoms with Gasteiger partial charge in [0.05, 0.1) is 24.8 Å². The Bertz CT molecular complexity index is 697. The van der Waals surface area contributed by atoms with Gasteiger partial charge in [-0.15, -0.1) is 0 Å². The number of halogens is 1. The summed E-state index contributed by atoms with van der Waals surface area (Å²) in [6.45, 7) is 4.13. The molecule has 0 saturated heterocycles. The Balaban J connectivity index is 1.92. The van der Waals surface area contributed by atoms with E-state index in [1.165, 1.54) is 6.20 Å². The van der Waals surface area contributed by atoms with E-state index in [0.29, 0.717) is 17.1 Å². The number of rotatable bonds is 6. The van der Waals surface area contributed by atoms with Crippen LogP contribution in [0.4, 0.5) is 0 Å². The fraction of sp³-hybridized carbons (Fsp3) is 0.312. The first-order valence-electron chi connectivity index (χ1n) is 7.29. The van der Waals surface area contributed by atoms with Crippen LogP contribution in [0.3, 0.4) is 0 Å². The topological polar surface area (TPSA) is 76.0 Å². The van der Waals surface area contributed by atoms with Crippen LogP contribution in [0.5, 0.6) is 0 Å². The van der Waals surface area contributed by atoms with Gasteiger partial charge in [0, 0.05) is 17.3 Å². The Hall–Kier alpha value is -2.34. The number of benzene rings is 1. The van der Waals surface area contributed by atoms with Crippen molar-refractivity contribution < 1.29 is 9.59 Å². The molecule has 0 spiro atoms. The molecule has 0 aliphatic rings. The van der Waals surface area contributed by atoms with Crippen LogP contribution in [0.1, 0.15) is 29.8 Å². The molecule has 122 valence electrons. The summed E-state index contributed by atoms with van der Waals surface area (Å²) >= 11 is 6.10. The van der Waals surface area contributed by atoms with Gasteiger partial charge in [-0.05, 0) is 25.5 Å². The van der Waals surface area contributed by atoms with Gasteiger partial charge < -0.3 is 10.6 Å². The third-order valence-corrected chi connectivity index (χ3v) is 3.41. The highest BCUT2D eigenvalue weighted by Gasteiger charge is 2.11. The summed E-state index contributed by atoms with van der Waals surface area (Å²) in [5, 5.41) is 10.1. The lowest BCUT2D eigenvalue weighted by molar-refractivity contribution is -0.120. The maximum atomic E-state index is 12.0. The molecule has 2 amide bonds. The predicted molar refractivity (Wildman–Crippen MR) is 88.4 cm³/mol. The van der Waals surface area contributed by atoms with Gasteiger partial charge in [0.15, 0.2) is 0 Å². The summed E-state index contributed by atoms with van der Waals surface area (Å²) < 4.78 is 1.63. The third kappa shape index (κ3) is 5.10. The normalized spacial score (nSPS) is 10.6. The molecule has 1 heterocycles. The van der Waals surface area contributed by atoms with Crippen molar-refractivity contribution in [3.05, 3.63) is 52.8 Å². The second kappa shape index (κ2) is 7.78. The fourth-order valence-electron chi connectivity index (χ4n) is 2.00. The molecule has 23 heavy (non-hydrogen) atoms. The number of hydrogen-bond donors (Lipinski definition) is 2. The van der Waals surface area contributed by atoms with Crippen LogP contribution in [0.2, 0.25) is 5.02 Å². The summed E-state index contributed by atoms with van der Waals surface area (Å²) in [7, 11) is 0. The summed E-state index contributed by atoms with van der Waals surface area (Å²) in [4.78, 5) is 23.5. The first-order valence-corrected chi connectivity index (χ1v) is 7.67. The van der Waals surface area contributed by atoms with Gasteiger partial charge in [0.25, 0.3) is 5.91 Å². The van der Waals surface area contributed by atoms with E-state index in [4.69, 9.17) is 11.6 Å². The maximum Gasteiger partial charge on any atom is 0.254 e. The lowest BCUT2D eigenvalue weighted by atomic mass is 10.2. The van der Waals surface area contributed by atoms with Gasteiger partial charge in [-0.3, -0.25) is 14.3 Å². The summed E-state index contributed by atoms with van der Waals surface area (Å²) in [5.41, 5.74) is 1.31. The molecule has 0 unspecified atom stereocenters. The molecule has 1 aromatic carbocycles. The molecule has 6 nitrogen and oxygen atoms in total. The van der Waals surface area contributed by atoms with Gasteiger partial charge in [-0.1, -0.05) is 29.8 Å². The molecule has 0 atom stereocenters. The Morgan fingerprint density at radius 3 is 2.74 bits per heavy atom. The summed E-state index contributed by atoms with van der Waals surface area (Å²) in [5.74, 6) is -0.564. The minimum absolute atomic E-state index is 0.0396. The number of carbonyl (C=O) groups is 2. The van der Waals surface area contributed by atoms with Crippen LogP contribution in [-0.4, -0.2) is 34.2 Å². The van der Waals surface area contributed by atoms with E-state index in [1.54, 1.807) is 16.9 Å². The van der Waals surface area contributed by atoms with Crippen LogP contribution in [0.25, 0.3) is 0 Å². The minimum atomic E-state index is -0.339. The van der Waals surface area contributed by atoms with Crippen molar-refractivity contribution in [3.8, 4) is 0 Å². The van der Waals surface area contributed by atoms with Gasteiger partial charge in [-0.2, -0.15) is 5.10 Å². The molecule has 0 radical (unpaired) electrons. The van der Waals surface area contributed by atoms with E-state index in [2.05, 4.69) is 15.7 Å². The second-order valence-electron chi connectivity index (χ2n) is 5.42. The second-order valence-corrected chi connectivity index (χ2v) is 5.83. The maximum absolute atomic E-state index is 12.0.